The van der Waals surface area contributed by atoms with E-state index < -0.39 is 0 Å². The van der Waals surface area contributed by atoms with Gasteiger partial charge in [0.2, 0.25) is 5.95 Å². The first-order valence-corrected chi connectivity index (χ1v) is 12.1. The van der Waals surface area contributed by atoms with Crippen molar-refractivity contribution < 1.29 is 14.2 Å². The van der Waals surface area contributed by atoms with Crippen LogP contribution >= 0.6 is 0 Å². The quantitative estimate of drug-likeness (QED) is 0.442. The van der Waals surface area contributed by atoms with E-state index >= 15 is 0 Å². The fourth-order valence-electron chi connectivity index (χ4n) is 4.42. The van der Waals surface area contributed by atoms with E-state index in [9.17, 15) is 0 Å². The van der Waals surface area contributed by atoms with Crippen LogP contribution in [0.2, 0.25) is 0 Å². The van der Waals surface area contributed by atoms with Crippen LogP contribution in [0, 0.1) is 0 Å². The number of ether oxygens (including phenoxy) is 3. The van der Waals surface area contributed by atoms with E-state index in [1.807, 2.05) is 30.3 Å². The van der Waals surface area contributed by atoms with Gasteiger partial charge in [-0.2, -0.15) is 0 Å². The third kappa shape index (κ3) is 5.58. The van der Waals surface area contributed by atoms with Gasteiger partial charge in [-0.25, -0.2) is 9.97 Å². The Morgan fingerprint density at radius 1 is 1.09 bits per heavy atom. The summed E-state index contributed by atoms with van der Waals surface area (Å²) in [5.74, 6) is 1.70. The minimum Gasteiger partial charge on any atom is -0.493 e. The summed E-state index contributed by atoms with van der Waals surface area (Å²) in [5.41, 5.74) is 10.6. The molecule has 0 aliphatic carbocycles. The van der Waals surface area contributed by atoms with Crippen molar-refractivity contribution in [3.05, 3.63) is 48.7 Å². The highest BCUT2D eigenvalue weighted by Crippen LogP contribution is 2.39. The van der Waals surface area contributed by atoms with Gasteiger partial charge in [0.25, 0.3) is 0 Å². The summed E-state index contributed by atoms with van der Waals surface area (Å²) in [7, 11) is 1.63. The predicted molar refractivity (Wildman–Crippen MR) is 138 cm³/mol. The Kier molecular flexibility index (Phi) is 7.15. The number of nitrogens with one attached hydrogen (secondary N) is 2. The second kappa shape index (κ2) is 10.8. The van der Waals surface area contributed by atoms with Crippen LogP contribution in [0.1, 0.15) is 12.8 Å². The lowest BCUT2D eigenvalue weighted by atomic mass is 10.1. The van der Waals surface area contributed by atoms with Gasteiger partial charge in [-0.15, -0.1) is 0 Å². The van der Waals surface area contributed by atoms with Gasteiger partial charge in [0, 0.05) is 36.2 Å². The second-order valence-corrected chi connectivity index (χ2v) is 8.70. The molecule has 0 unspecified atom stereocenters. The molecule has 0 saturated carbocycles. The maximum atomic E-state index is 6.40. The Morgan fingerprint density at radius 2 is 1.86 bits per heavy atom. The predicted octanol–water partition coefficient (Wildman–Crippen LogP) is 3.45. The largest absolute Gasteiger partial charge is 0.493 e. The lowest BCUT2D eigenvalue weighted by Crippen LogP contribution is -2.36. The smallest absolute Gasteiger partial charge is 0.227 e. The van der Waals surface area contributed by atoms with Crippen LogP contribution in [0.4, 0.5) is 23.0 Å². The number of anilines is 4. The van der Waals surface area contributed by atoms with Crippen LogP contribution in [0.25, 0.3) is 11.3 Å². The number of piperidine rings is 1. The molecule has 2 aliphatic heterocycles. The molecule has 2 aliphatic rings. The topological polar surface area (TPSA) is 107 Å². The van der Waals surface area contributed by atoms with Crippen LogP contribution in [0.15, 0.2) is 48.7 Å². The monoisotopic (exact) mass is 476 g/mol. The molecular formula is C26H32N6O3. The summed E-state index contributed by atoms with van der Waals surface area (Å²) < 4.78 is 17.3. The van der Waals surface area contributed by atoms with Crippen molar-refractivity contribution in [2.24, 2.45) is 0 Å². The molecule has 5 rings (SSSR count). The molecule has 1 aromatic heterocycles. The third-order valence-corrected chi connectivity index (χ3v) is 6.33. The molecule has 35 heavy (non-hydrogen) atoms. The van der Waals surface area contributed by atoms with Crippen molar-refractivity contribution in [3.63, 3.8) is 0 Å². The minimum absolute atomic E-state index is 0.128. The lowest BCUT2D eigenvalue weighted by molar-refractivity contribution is 0.122. The van der Waals surface area contributed by atoms with Crippen molar-refractivity contribution in [2.45, 2.75) is 18.9 Å². The Hall–Kier alpha value is -3.56. The first-order valence-electron chi connectivity index (χ1n) is 12.1. The number of hydrogen-bond acceptors (Lipinski definition) is 9. The first kappa shape index (κ1) is 23.2. The van der Waals surface area contributed by atoms with Crippen molar-refractivity contribution in [1.29, 1.82) is 0 Å². The van der Waals surface area contributed by atoms with Crippen molar-refractivity contribution >= 4 is 23.0 Å². The highest BCUT2D eigenvalue weighted by molar-refractivity contribution is 5.74. The number of hydrogen-bond donors (Lipinski definition) is 3. The normalized spacial score (nSPS) is 16.7. The van der Waals surface area contributed by atoms with E-state index in [0.717, 1.165) is 69.2 Å². The minimum atomic E-state index is 0.128. The standard InChI is InChI=1S/C26H32N6O3/c1-33-24-17-18(16-22(27)25(24)35-21-6-9-28-10-7-21)23-8-11-29-26(31-23)30-19-2-4-20(5-3-19)32-12-14-34-15-13-32/h2-5,8,11,16-17,21,28H,6-7,9-10,12-15,27H2,1H3,(H,29,30,31). The van der Waals surface area contributed by atoms with Crippen molar-refractivity contribution in [1.82, 2.24) is 15.3 Å². The number of nitrogens with zero attached hydrogens (tertiary/aromatic N) is 3. The molecule has 2 aromatic carbocycles. The molecule has 184 valence electrons. The molecule has 0 atom stereocenters. The first-order chi connectivity index (χ1) is 17.2. The summed E-state index contributed by atoms with van der Waals surface area (Å²) in [5, 5.41) is 6.64. The molecule has 0 spiro atoms. The Balaban J connectivity index is 1.32. The summed E-state index contributed by atoms with van der Waals surface area (Å²) >= 11 is 0. The van der Waals surface area contributed by atoms with Gasteiger partial charge >= 0.3 is 0 Å². The van der Waals surface area contributed by atoms with Crippen molar-refractivity contribution in [3.8, 4) is 22.8 Å². The van der Waals surface area contributed by atoms with Gasteiger partial charge in [0.05, 0.1) is 31.7 Å². The molecule has 3 aromatic rings. The lowest BCUT2D eigenvalue weighted by Gasteiger charge is -2.28. The summed E-state index contributed by atoms with van der Waals surface area (Å²) in [4.78, 5) is 11.4. The fraction of sp³-hybridized carbons (Fsp3) is 0.385. The van der Waals surface area contributed by atoms with Crippen LogP contribution in [0.5, 0.6) is 11.5 Å². The molecule has 0 radical (unpaired) electrons. The van der Waals surface area contributed by atoms with E-state index in [0.29, 0.717) is 23.1 Å². The molecule has 2 saturated heterocycles. The van der Waals surface area contributed by atoms with Gasteiger partial charge in [0.15, 0.2) is 11.5 Å². The molecular weight excluding hydrogens is 444 g/mol. The van der Waals surface area contributed by atoms with E-state index in [1.165, 1.54) is 5.69 Å². The number of benzene rings is 2. The van der Waals surface area contributed by atoms with Crippen LogP contribution < -0.4 is 30.7 Å². The summed E-state index contributed by atoms with van der Waals surface area (Å²) in [6.45, 7) is 5.23. The van der Waals surface area contributed by atoms with E-state index in [1.54, 1.807) is 13.3 Å². The van der Waals surface area contributed by atoms with E-state index in [2.05, 4.69) is 32.7 Å². The second-order valence-electron chi connectivity index (χ2n) is 8.70. The number of aromatic nitrogens is 2. The summed E-state index contributed by atoms with van der Waals surface area (Å²) in [6.07, 6.45) is 3.74. The van der Waals surface area contributed by atoms with Gasteiger partial charge in [-0.3, -0.25) is 0 Å². The number of morpholine rings is 1. The van der Waals surface area contributed by atoms with Crippen LogP contribution in [0.3, 0.4) is 0 Å². The molecule has 9 nitrogen and oxygen atoms in total. The molecule has 3 heterocycles. The number of nitrogen functional groups attached to an aromatic ring is 1. The zero-order valence-corrected chi connectivity index (χ0v) is 20.0. The summed E-state index contributed by atoms with van der Waals surface area (Å²) in [6, 6.07) is 13.9. The zero-order chi connectivity index (χ0) is 24.0. The SMILES string of the molecule is COc1cc(-c2ccnc(Nc3ccc(N4CCOCC4)cc3)n2)cc(N)c1OC1CCNCC1. The fourth-order valence-corrected chi connectivity index (χ4v) is 4.42. The zero-order valence-electron chi connectivity index (χ0n) is 20.0. The number of nitrogens with two attached hydrogens (primary N) is 1. The average molecular weight is 477 g/mol. The maximum Gasteiger partial charge on any atom is 0.227 e. The molecule has 2 fully saturated rings. The van der Waals surface area contributed by atoms with Gasteiger partial charge in [-0.05, 0) is 68.4 Å². The Morgan fingerprint density at radius 3 is 2.60 bits per heavy atom. The Bertz CT molecular complexity index is 1130. The highest BCUT2D eigenvalue weighted by Gasteiger charge is 2.20. The molecule has 0 amide bonds. The highest BCUT2D eigenvalue weighted by atomic mass is 16.5. The van der Waals surface area contributed by atoms with Crippen molar-refractivity contribution in [2.75, 3.05) is 62.5 Å². The Labute approximate surface area is 205 Å². The number of methoxy groups -OCH3 is 1. The van der Waals surface area contributed by atoms with Gasteiger partial charge in [-0.1, -0.05) is 0 Å². The van der Waals surface area contributed by atoms with E-state index in [4.69, 9.17) is 24.9 Å². The van der Waals surface area contributed by atoms with E-state index in [-0.39, 0.29) is 6.10 Å². The number of rotatable bonds is 7. The molecule has 9 heteroatoms. The van der Waals surface area contributed by atoms with Gasteiger partial charge < -0.3 is 35.5 Å². The molecule has 4 N–H and O–H groups in total. The van der Waals surface area contributed by atoms with Crippen LogP contribution in [-0.4, -0.2) is 62.6 Å². The maximum absolute atomic E-state index is 6.40. The third-order valence-electron chi connectivity index (χ3n) is 6.33. The molecule has 0 bridgehead atoms. The van der Waals surface area contributed by atoms with Gasteiger partial charge in [0.1, 0.15) is 6.10 Å². The average Bonchev–Trinajstić information content (AvgIpc) is 2.91. The van der Waals surface area contributed by atoms with Crippen LogP contribution in [-0.2, 0) is 4.74 Å².